The van der Waals surface area contributed by atoms with E-state index in [4.69, 9.17) is 0 Å². The molecule has 396 valence electrons. The van der Waals surface area contributed by atoms with Crippen molar-refractivity contribution in [1.29, 1.82) is 0 Å². The second kappa shape index (κ2) is 64.1. The molecule has 0 aromatic carbocycles. The molecule has 0 amide bonds. The van der Waals surface area contributed by atoms with E-state index < -0.39 is 11.9 Å². The van der Waals surface area contributed by atoms with Crippen LogP contribution in [-0.4, -0.2) is 98.7 Å². The minimum absolute atomic E-state index is 0. The molecule has 0 heterocycles. The number of rotatable bonds is 56. The molecule has 0 N–H and O–H groups in total. The van der Waals surface area contributed by atoms with Crippen LogP contribution in [0.2, 0.25) is 0 Å². The summed E-state index contributed by atoms with van der Waals surface area (Å²) in [5.74, 6) is -1.81. The normalized spacial score (nSPS) is 11.3. The van der Waals surface area contributed by atoms with Crippen molar-refractivity contribution in [3.63, 3.8) is 0 Å². The van der Waals surface area contributed by atoms with Crippen LogP contribution in [0.1, 0.15) is 336 Å². The first kappa shape index (κ1) is 71.4. The van der Waals surface area contributed by atoms with E-state index in [9.17, 15) is 19.8 Å². The minimum atomic E-state index is -0.903. The van der Waals surface area contributed by atoms with Gasteiger partial charge >= 0.3 is 37.7 Å². The van der Waals surface area contributed by atoms with Crippen LogP contribution >= 0.6 is 0 Å². The van der Waals surface area contributed by atoms with Gasteiger partial charge < -0.3 is 29.6 Å². The van der Waals surface area contributed by atoms with Crippen molar-refractivity contribution in [2.45, 2.75) is 336 Å². The molecule has 0 aromatic heterocycles. The minimum Gasteiger partial charge on any atom is -0.550 e. The first-order chi connectivity index (χ1) is 32.4. The van der Waals surface area contributed by atoms with Crippen LogP contribution in [0.25, 0.3) is 0 Å². The van der Waals surface area contributed by atoms with E-state index in [-0.39, 0.29) is 50.6 Å². The Morgan fingerprint density at radius 3 is 0.522 bits per heavy atom. The van der Waals surface area contributed by atoms with Gasteiger partial charge in [0.2, 0.25) is 0 Å². The molecule has 0 spiro atoms. The third kappa shape index (κ3) is 66.1. The average Bonchev–Trinajstić information content (AvgIpc) is 3.30. The van der Waals surface area contributed by atoms with Gasteiger partial charge in [-0.3, -0.25) is 0 Å². The molecule has 0 fully saturated rings. The molecule has 0 aromatic rings. The van der Waals surface area contributed by atoms with Crippen molar-refractivity contribution in [3.05, 3.63) is 0 Å². The molecular formula is C60H120CaN2O4. The summed E-state index contributed by atoms with van der Waals surface area (Å²) in [6.45, 7) is 15.5. The second-order valence-corrected chi connectivity index (χ2v) is 20.8. The van der Waals surface area contributed by atoms with Gasteiger partial charge in [-0.15, -0.1) is 0 Å². The molecule has 0 bridgehead atoms. The van der Waals surface area contributed by atoms with Gasteiger partial charge in [0.1, 0.15) is 0 Å². The SMILES string of the molecule is CCCCCCCCCCCCCN(CCCCCCCCCCCCC)CCCC(=O)[O-].CCCCCCCCCCCCCN(CCCCCCCCCCCCC)CCCC(=O)[O-].[Ca+2]. The van der Waals surface area contributed by atoms with Crippen LogP contribution in [0.5, 0.6) is 0 Å². The number of carboxylic acid groups (broad SMARTS) is 2. The molecule has 67 heavy (non-hydrogen) atoms. The van der Waals surface area contributed by atoms with Gasteiger partial charge in [-0.2, -0.15) is 0 Å². The fourth-order valence-corrected chi connectivity index (χ4v) is 9.56. The zero-order valence-electron chi connectivity index (χ0n) is 46.4. The number of carbonyl (C=O) groups is 2. The third-order valence-corrected chi connectivity index (χ3v) is 14.0. The summed E-state index contributed by atoms with van der Waals surface area (Å²) in [6.07, 6.45) is 62.5. The number of carbonyl (C=O) groups excluding carboxylic acids is 2. The van der Waals surface area contributed by atoms with Crippen LogP contribution in [0.3, 0.4) is 0 Å². The summed E-state index contributed by atoms with van der Waals surface area (Å²) in [5.41, 5.74) is 0. The van der Waals surface area contributed by atoms with E-state index >= 15 is 0 Å². The van der Waals surface area contributed by atoms with E-state index in [0.717, 1.165) is 52.1 Å². The zero-order chi connectivity index (χ0) is 48.5. The van der Waals surface area contributed by atoms with Crippen molar-refractivity contribution in [2.24, 2.45) is 0 Å². The summed E-state index contributed by atoms with van der Waals surface area (Å²) >= 11 is 0. The topological polar surface area (TPSA) is 86.7 Å². The number of unbranched alkanes of at least 4 members (excludes halogenated alkanes) is 40. The Balaban J connectivity index is -0.00000120. The fourth-order valence-electron chi connectivity index (χ4n) is 9.56. The summed E-state index contributed by atoms with van der Waals surface area (Å²) in [5, 5.41) is 21.5. The van der Waals surface area contributed by atoms with E-state index in [0.29, 0.717) is 0 Å². The molecule has 0 unspecified atom stereocenters. The standard InChI is InChI=1S/2C30H61NO2.Ca/c2*1-3-5-7-9-11-13-15-17-19-21-23-27-31(29-25-26-30(32)33)28-24-22-20-18-16-14-12-10-8-6-4-2;/h2*3-29H2,1-2H3,(H,32,33);/q;;+2/p-2. The number of hydrogen-bond donors (Lipinski definition) is 0. The predicted molar refractivity (Wildman–Crippen MR) is 293 cm³/mol. The summed E-state index contributed by atoms with van der Waals surface area (Å²) in [4.78, 5) is 26.6. The predicted octanol–water partition coefficient (Wildman–Crippen LogP) is 16.5. The molecule has 0 rings (SSSR count). The Bertz CT molecular complexity index is 798. The fraction of sp³-hybridized carbons (Fsp3) is 0.967. The summed E-state index contributed by atoms with van der Waals surface area (Å²) in [7, 11) is 0. The van der Waals surface area contributed by atoms with Crippen molar-refractivity contribution < 1.29 is 19.8 Å². The van der Waals surface area contributed by atoms with E-state index in [1.165, 1.54) is 283 Å². The van der Waals surface area contributed by atoms with Crippen LogP contribution < -0.4 is 10.2 Å². The monoisotopic (exact) mass is 973 g/mol. The number of aliphatic carboxylic acids is 2. The maximum absolute atomic E-state index is 10.8. The quantitative estimate of drug-likeness (QED) is 0.0446. The second-order valence-electron chi connectivity index (χ2n) is 20.8. The molecule has 0 atom stereocenters. The number of carboxylic acids is 2. The van der Waals surface area contributed by atoms with Crippen LogP contribution in [0.15, 0.2) is 0 Å². The molecular weight excluding hydrogens is 853 g/mol. The van der Waals surface area contributed by atoms with Gasteiger partial charge in [0.15, 0.2) is 0 Å². The molecule has 6 nitrogen and oxygen atoms in total. The molecule has 0 aliphatic carbocycles. The maximum atomic E-state index is 10.8. The first-order valence-corrected chi connectivity index (χ1v) is 30.2. The molecule has 0 aliphatic heterocycles. The molecule has 0 radical (unpaired) electrons. The summed E-state index contributed by atoms with van der Waals surface area (Å²) in [6, 6.07) is 0. The van der Waals surface area contributed by atoms with E-state index in [1.807, 2.05) is 0 Å². The Hall–Kier alpha value is 0.120. The van der Waals surface area contributed by atoms with E-state index in [1.54, 1.807) is 0 Å². The van der Waals surface area contributed by atoms with Gasteiger partial charge in [0, 0.05) is 11.9 Å². The van der Waals surface area contributed by atoms with Gasteiger partial charge in [0.05, 0.1) is 0 Å². The van der Waals surface area contributed by atoms with Crippen molar-refractivity contribution in [3.8, 4) is 0 Å². The van der Waals surface area contributed by atoms with Crippen LogP contribution in [-0.2, 0) is 9.59 Å². The van der Waals surface area contributed by atoms with Crippen molar-refractivity contribution in [2.75, 3.05) is 39.3 Å². The van der Waals surface area contributed by atoms with Crippen LogP contribution in [0.4, 0.5) is 0 Å². The molecule has 0 saturated carbocycles. The maximum Gasteiger partial charge on any atom is 2.00 e. The zero-order valence-corrected chi connectivity index (χ0v) is 48.6. The van der Waals surface area contributed by atoms with Gasteiger partial charge in [-0.1, -0.05) is 285 Å². The molecule has 0 saturated heterocycles. The Kier molecular flexibility index (Phi) is 68.3. The van der Waals surface area contributed by atoms with Gasteiger partial charge in [0.25, 0.3) is 0 Å². The average molecular weight is 974 g/mol. The Morgan fingerprint density at radius 1 is 0.239 bits per heavy atom. The Morgan fingerprint density at radius 2 is 0.373 bits per heavy atom. The van der Waals surface area contributed by atoms with Gasteiger partial charge in [-0.05, 0) is 90.6 Å². The summed E-state index contributed by atoms with van der Waals surface area (Å²) < 4.78 is 0. The largest absolute Gasteiger partial charge is 2.00 e. The van der Waals surface area contributed by atoms with Crippen molar-refractivity contribution >= 4 is 49.7 Å². The number of hydrogen-bond acceptors (Lipinski definition) is 6. The molecule has 7 heteroatoms. The third-order valence-electron chi connectivity index (χ3n) is 14.0. The first-order valence-electron chi connectivity index (χ1n) is 30.2. The van der Waals surface area contributed by atoms with E-state index in [2.05, 4.69) is 37.5 Å². The van der Waals surface area contributed by atoms with Gasteiger partial charge in [-0.25, -0.2) is 0 Å². The molecule has 0 aliphatic rings. The van der Waals surface area contributed by atoms with Crippen LogP contribution in [0, 0.1) is 0 Å². The van der Waals surface area contributed by atoms with Crippen molar-refractivity contribution in [1.82, 2.24) is 9.80 Å². The Labute approximate surface area is 451 Å². The number of nitrogens with zero attached hydrogens (tertiary/aromatic N) is 2. The smallest absolute Gasteiger partial charge is 0.550 e.